The summed E-state index contributed by atoms with van der Waals surface area (Å²) in [7, 11) is 0. The first-order valence-corrected chi connectivity index (χ1v) is 6.94. The van der Waals surface area contributed by atoms with Crippen LogP contribution in [0.5, 0.6) is 0 Å². The Hall–Kier alpha value is -1.26. The third kappa shape index (κ3) is 3.37. The van der Waals surface area contributed by atoms with Gasteiger partial charge in [0.1, 0.15) is 6.26 Å². The number of rotatable bonds is 5. The van der Waals surface area contributed by atoms with E-state index in [-0.39, 0.29) is 0 Å². The van der Waals surface area contributed by atoms with Crippen molar-refractivity contribution in [2.45, 2.75) is 36.9 Å². The second-order valence-electron chi connectivity index (χ2n) is 4.21. The monoisotopic (exact) mass is 262 g/mol. The van der Waals surface area contributed by atoms with Gasteiger partial charge in [0.25, 0.3) is 5.22 Å². The lowest BCUT2D eigenvalue weighted by Gasteiger charge is -2.12. The second-order valence-corrected chi connectivity index (χ2v) is 5.23. The van der Waals surface area contributed by atoms with Gasteiger partial charge in [0.05, 0.1) is 5.69 Å². The maximum atomic E-state index is 5.32. The zero-order chi connectivity index (χ0) is 13.0. The maximum Gasteiger partial charge on any atom is 0.260 e. The van der Waals surface area contributed by atoms with E-state index in [1.807, 2.05) is 6.92 Å². The van der Waals surface area contributed by atoms with E-state index < -0.39 is 0 Å². The van der Waals surface area contributed by atoms with E-state index in [1.54, 1.807) is 18.0 Å². The average Bonchev–Trinajstić information content (AvgIpc) is 2.76. The lowest BCUT2D eigenvalue weighted by molar-refractivity contribution is 0.454. The molecule has 0 saturated carbocycles. The average molecular weight is 262 g/mol. The Morgan fingerprint density at radius 3 is 2.61 bits per heavy atom. The first kappa shape index (κ1) is 13.2. The Morgan fingerprint density at radius 2 is 2.06 bits per heavy atom. The predicted molar refractivity (Wildman–Crippen MR) is 73.9 cm³/mol. The summed E-state index contributed by atoms with van der Waals surface area (Å²) in [6.07, 6.45) is 1.67. The van der Waals surface area contributed by atoms with E-state index in [9.17, 15) is 0 Å². The van der Waals surface area contributed by atoms with Gasteiger partial charge in [0, 0.05) is 10.9 Å². The minimum absolute atomic E-state index is 0.387. The van der Waals surface area contributed by atoms with Gasteiger partial charge in [-0.2, -0.15) is 0 Å². The normalized spacial score (nSPS) is 12.6. The highest BCUT2D eigenvalue weighted by atomic mass is 32.2. The molecule has 1 N–H and O–H groups in total. The fourth-order valence-electron chi connectivity index (χ4n) is 1.73. The van der Waals surface area contributed by atoms with Gasteiger partial charge in [-0.3, -0.25) is 0 Å². The Labute approximate surface area is 112 Å². The summed E-state index contributed by atoms with van der Waals surface area (Å²) in [5, 5.41) is 4.09. The molecule has 0 aliphatic rings. The molecule has 1 atom stereocenters. The molecule has 1 aromatic carbocycles. The number of aryl methyl sites for hydroxylation is 1. The molecule has 18 heavy (non-hydrogen) atoms. The van der Waals surface area contributed by atoms with Crippen LogP contribution in [-0.2, 0) is 0 Å². The molecule has 1 heterocycles. The first-order valence-electron chi connectivity index (χ1n) is 6.12. The molecular weight excluding hydrogens is 244 g/mol. The molecule has 0 saturated heterocycles. The van der Waals surface area contributed by atoms with Crippen molar-refractivity contribution in [2.75, 3.05) is 6.54 Å². The third-order valence-electron chi connectivity index (χ3n) is 2.69. The molecule has 2 rings (SSSR count). The van der Waals surface area contributed by atoms with Crippen LogP contribution in [0, 0.1) is 6.92 Å². The molecule has 0 fully saturated rings. The summed E-state index contributed by atoms with van der Waals surface area (Å²) in [5.41, 5.74) is 2.21. The van der Waals surface area contributed by atoms with Crippen molar-refractivity contribution >= 4 is 11.8 Å². The highest BCUT2D eigenvalue weighted by Crippen LogP contribution is 2.27. The number of nitrogens with one attached hydrogen (secondary N) is 1. The van der Waals surface area contributed by atoms with E-state index in [0.29, 0.717) is 11.3 Å². The molecule has 0 spiro atoms. The Balaban J connectivity index is 2.03. The molecule has 1 unspecified atom stereocenters. The zero-order valence-corrected chi connectivity index (χ0v) is 11.8. The van der Waals surface area contributed by atoms with Crippen LogP contribution in [0.4, 0.5) is 0 Å². The minimum atomic E-state index is 0.387. The van der Waals surface area contributed by atoms with Gasteiger partial charge in [-0.05, 0) is 49.9 Å². The Kier molecular flexibility index (Phi) is 4.44. The largest absolute Gasteiger partial charge is 0.439 e. The number of aromatic nitrogens is 1. The number of hydrogen-bond donors (Lipinski definition) is 1. The van der Waals surface area contributed by atoms with Crippen LogP contribution in [0.1, 0.15) is 31.1 Å². The van der Waals surface area contributed by atoms with E-state index in [0.717, 1.165) is 17.1 Å². The minimum Gasteiger partial charge on any atom is -0.439 e. The smallest absolute Gasteiger partial charge is 0.260 e. The highest BCUT2D eigenvalue weighted by molar-refractivity contribution is 7.99. The van der Waals surface area contributed by atoms with Gasteiger partial charge < -0.3 is 9.73 Å². The molecule has 0 aliphatic heterocycles. The molecule has 96 valence electrons. The predicted octanol–water partition coefficient (Wildman–Crippen LogP) is 3.80. The number of benzene rings is 1. The SMILES string of the molecule is CCNC(C)c1ccc(Sc2nc(C)co2)cc1. The molecule has 1 aromatic heterocycles. The molecule has 0 radical (unpaired) electrons. The molecular formula is C14H18N2OS. The summed E-state index contributed by atoms with van der Waals surface area (Å²) in [4.78, 5) is 5.42. The highest BCUT2D eigenvalue weighted by Gasteiger charge is 2.06. The Bertz CT molecular complexity index is 493. The van der Waals surface area contributed by atoms with E-state index in [4.69, 9.17) is 4.42 Å². The second kappa shape index (κ2) is 6.07. The van der Waals surface area contributed by atoms with E-state index >= 15 is 0 Å². The van der Waals surface area contributed by atoms with Gasteiger partial charge in [0.15, 0.2) is 0 Å². The van der Waals surface area contributed by atoms with Crippen molar-refractivity contribution in [2.24, 2.45) is 0 Å². The topological polar surface area (TPSA) is 38.1 Å². The van der Waals surface area contributed by atoms with Crippen molar-refractivity contribution < 1.29 is 4.42 Å². The van der Waals surface area contributed by atoms with Gasteiger partial charge in [-0.25, -0.2) is 4.98 Å². The standard InChI is InChI=1S/C14H18N2OS/c1-4-15-11(3)12-5-7-13(8-6-12)18-14-16-10(2)9-17-14/h5-9,11,15H,4H2,1-3H3. The summed E-state index contributed by atoms with van der Waals surface area (Å²) in [6, 6.07) is 8.88. The lowest BCUT2D eigenvalue weighted by atomic mass is 10.1. The van der Waals surface area contributed by atoms with Crippen molar-refractivity contribution in [3.63, 3.8) is 0 Å². The van der Waals surface area contributed by atoms with Crippen molar-refractivity contribution in [3.8, 4) is 0 Å². The van der Waals surface area contributed by atoms with Gasteiger partial charge >= 0.3 is 0 Å². The van der Waals surface area contributed by atoms with Gasteiger partial charge in [0.2, 0.25) is 0 Å². The number of oxazole rings is 1. The summed E-state index contributed by atoms with van der Waals surface area (Å²) < 4.78 is 5.32. The fraction of sp³-hybridized carbons (Fsp3) is 0.357. The molecule has 0 amide bonds. The Morgan fingerprint density at radius 1 is 1.33 bits per heavy atom. The van der Waals surface area contributed by atoms with Gasteiger partial charge in [-0.1, -0.05) is 19.1 Å². The third-order valence-corrected chi connectivity index (χ3v) is 3.56. The molecule has 0 aliphatic carbocycles. The quantitative estimate of drug-likeness (QED) is 0.889. The fourth-order valence-corrected chi connectivity index (χ4v) is 2.49. The van der Waals surface area contributed by atoms with Crippen molar-refractivity contribution in [1.29, 1.82) is 0 Å². The van der Waals surface area contributed by atoms with Crippen LogP contribution in [-0.4, -0.2) is 11.5 Å². The van der Waals surface area contributed by atoms with Crippen molar-refractivity contribution in [3.05, 3.63) is 41.8 Å². The molecule has 0 bridgehead atoms. The van der Waals surface area contributed by atoms with E-state index in [1.165, 1.54) is 5.56 Å². The summed E-state index contributed by atoms with van der Waals surface area (Å²) in [5.74, 6) is 0. The maximum absolute atomic E-state index is 5.32. The van der Waals surface area contributed by atoms with Gasteiger partial charge in [-0.15, -0.1) is 0 Å². The summed E-state index contributed by atoms with van der Waals surface area (Å²) >= 11 is 1.54. The molecule has 2 aromatic rings. The molecule has 3 nitrogen and oxygen atoms in total. The van der Waals surface area contributed by atoms with Crippen LogP contribution in [0.25, 0.3) is 0 Å². The van der Waals surface area contributed by atoms with Crippen LogP contribution >= 0.6 is 11.8 Å². The number of hydrogen-bond acceptors (Lipinski definition) is 4. The van der Waals surface area contributed by atoms with Crippen LogP contribution < -0.4 is 5.32 Å². The van der Waals surface area contributed by atoms with E-state index in [2.05, 4.69) is 48.4 Å². The first-order chi connectivity index (χ1) is 8.69. The summed E-state index contributed by atoms with van der Waals surface area (Å²) in [6.45, 7) is 7.19. The lowest BCUT2D eigenvalue weighted by Crippen LogP contribution is -2.17. The van der Waals surface area contributed by atoms with Crippen LogP contribution in [0.3, 0.4) is 0 Å². The van der Waals surface area contributed by atoms with Crippen molar-refractivity contribution in [1.82, 2.24) is 10.3 Å². The molecule has 4 heteroatoms. The zero-order valence-electron chi connectivity index (χ0n) is 10.9. The number of nitrogens with zero attached hydrogens (tertiary/aromatic N) is 1. The van der Waals surface area contributed by atoms with Crippen LogP contribution in [0.15, 0.2) is 45.1 Å². The van der Waals surface area contributed by atoms with Crippen LogP contribution in [0.2, 0.25) is 0 Å².